The van der Waals surface area contributed by atoms with Crippen LogP contribution >= 0.6 is 11.3 Å². The third kappa shape index (κ3) is 2.90. The molecule has 1 aromatic heterocycles. The molecule has 2 rings (SSSR count). The summed E-state index contributed by atoms with van der Waals surface area (Å²) in [5.41, 5.74) is 1.63. The zero-order chi connectivity index (χ0) is 14.0. The van der Waals surface area contributed by atoms with Crippen LogP contribution in [-0.4, -0.2) is 4.92 Å². The van der Waals surface area contributed by atoms with Gasteiger partial charge < -0.3 is 5.32 Å². The van der Waals surface area contributed by atoms with Crippen LogP contribution in [0.25, 0.3) is 0 Å². The van der Waals surface area contributed by atoms with E-state index < -0.39 is 10.7 Å². The Kier molecular flexibility index (Phi) is 3.80. The maximum atomic E-state index is 13.4. The van der Waals surface area contributed by atoms with E-state index in [4.69, 9.17) is 0 Å². The summed E-state index contributed by atoms with van der Waals surface area (Å²) in [5, 5.41) is 15.9. The number of aryl methyl sites for hydroxylation is 2. The summed E-state index contributed by atoms with van der Waals surface area (Å²) in [6.07, 6.45) is 0. The van der Waals surface area contributed by atoms with Gasteiger partial charge in [0, 0.05) is 11.4 Å². The van der Waals surface area contributed by atoms with Crippen molar-refractivity contribution < 1.29 is 9.31 Å². The molecular formula is C13H13FN2O2S. The van der Waals surface area contributed by atoms with Gasteiger partial charge in [-0.1, -0.05) is 0 Å². The Labute approximate surface area is 114 Å². The van der Waals surface area contributed by atoms with E-state index in [0.29, 0.717) is 17.8 Å². The van der Waals surface area contributed by atoms with Gasteiger partial charge in [-0.05, 0) is 42.5 Å². The second-order valence-corrected chi connectivity index (χ2v) is 5.26. The Morgan fingerprint density at radius 2 is 2.11 bits per heavy atom. The normalized spacial score (nSPS) is 10.5. The number of rotatable bonds is 4. The van der Waals surface area contributed by atoms with Crippen LogP contribution in [0.2, 0.25) is 0 Å². The van der Waals surface area contributed by atoms with Crippen LogP contribution in [-0.2, 0) is 6.54 Å². The molecule has 19 heavy (non-hydrogen) atoms. The number of nitro groups is 1. The van der Waals surface area contributed by atoms with E-state index in [0.717, 1.165) is 16.5 Å². The quantitative estimate of drug-likeness (QED) is 0.679. The van der Waals surface area contributed by atoms with Crippen LogP contribution in [0.15, 0.2) is 23.6 Å². The van der Waals surface area contributed by atoms with Crippen molar-refractivity contribution in [1.82, 2.24) is 0 Å². The molecule has 0 radical (unpaired) electrons. The Morgan fingerprint density at radius 3 is 2.68 bits per heavy atom. The summed E-state index contributed by atoms with van der Waals surface area (Å²) in [6.45, 7) is 4.06. The second-order valence-electron chi connectivity index (χ2n) is 4.26. The van der Waals surface area contributed by atoms with Crippen LogP contribution in [0.4, 0.5) is 15.8 Å². The van der Waals surface area contributed by atoms with E-state index in [1.807, 2.05) is 18.4 Å². The highest BCUT2D eigenvalue weighted by atomic mass is 32.1. The molecule has 1 N–H and O–H groups in total. The number of halogens is 1. The fraction of sp³-hybridized carbons (Fsp3) is 0.231. The van der Waals surface area contributed by atoms with Gasteiger partial charge in [-0.3, -0.25) is 10.1 Å². The molecule has 0 atom stereocenters. The summed E-state index contributed by atoms with van der Waals surface area (Å²) in [4.78, 5) is 11.4. The average molecular weight is 280 g/mol. The van der Waals surface area contributed by atoms with E-state index in [1.165, 1.54) is 6.07 Å². The summed E-state index contributed by atoms with van der Waals surface area (Å²) < 4.78 is 13.4. The number of nitro benzene ring substituents is 1. The number of nitrogens with one attached hydrogen (secondary N) is 1. The highest BCUT2D eigenvalue weighted by Gasteiger charge is 2.17. The first-order valence-electron chi connectivity index (χ1n) is 5.70. The molecule has 0 aliphatic carbocycles. The second kappa shape index (κ2) is 5.36. The number of nitrogens with zero attached hydrogens (tertiary/aromatic N) is 1. The molecule has 0 spiro atoms. The average Bonchev–Trinajstić information content (AvgIpc) is 2.75. The van der Waals surface area contributed by atoms with Gasteiger partial charge >= 0.3 is 0 Å². The molecule has 100 valence electrons. The van der Waals surface area contributed by atoms with Crippen molar-refractivity contribution in [2.45, 2.75) is 20.4 Å². The molecule has 0 amide bonds. The van der Waals surface area contributed by atoms with Gasteiger partial charge in [0.05, 0.1) is 11.0 Å². The molecule has 0 saturated heterocycles. The van der Waals surface area contributed by atoms with E-state index in [1.54, 1.807) is 18.3 Å². The third-order valence-corrected chi connectivity index (χ3v) is 3.90. The molecule has 4 nitrogen and oxygen atoms in total. The Morgan fingerprint density at radius 1 is 1.37 bits per heavy atom. The lowest BCUT2D eigenvalue weighted by Crippen LogP contribution is -2.03. The minimum absolute atomic E-state index is 0.239. The van der Waals surface area contributed by atoms with Gasteiger partial charge in [0.25, 0.3) is 5.69 Å². The highest BCUT2D eigenvalue weighted by molar-refractivity contribution is 7.10. The van der Waals surface area contributed by atoms with Crippen molar-refractivity contribution in [3.63, 3.8) is 0 Å². The molecule has 2 aromatic rings. The summed E-state index contributed by atoms with van der Waals surface area (Å²) in [6, 6.07) is 4.42. The van der Waals surface area contributed by atoms with E-state index >= 15 is 0 Å². The molecule has 1 aromatic carbocycles. The fourth-order valence-corrected chi connectivity index (χ4v) is 2.57. The SMILES string of the molecule is Cc1cc(NCc2sccc2C)c([N+](=O)[O-])cc1F. The number of hydrogen-bond donors (Lipinski definition) is 1. The van der Waals surface area contributed by atoms with Gasteiger partial charge in [-0.2, -0.15) is 0 Å². The predicted octanol–water partition coefficient (Wildman–Crippen LogP) is 4.02. The van der Waals surface area contributed by atoms with Crippen molar-refractivity contribution in [2.75, 3.05) is 5.32 Å². The Balaban J connectivity index is 2.26. The van der Waals surface area contributed by atoms with Crippen LogP contribution in [0.5, 0.6) is 0 Å². The summed E-state index contributed by atoms with van der Waals surface area (Å²) in [7, 11) is 0. The lowest BCUT2D eigenvalue weighted by atomic mass is 10.1. The minimum Gasteiger partial charge on any atom is -0.375 e. The molecule has 0 bridgehead atoms. The van der Waals surface area contributed by atoms with Crippen molar-refractivity contribution >= 4 is 22.7 Å². The first kappa shape index (κ1) is 13.5. The number of benzene rings is 1. The zero-order valence-electron chi connectivity index (χ0n) is 10.6. The molecule has 0 fully saturated rings. The molecular weight excluding hydrogens is 267 g/mol. The largest absolute Gasteiger partial charge is 0.375 e. The zero-order valence-corrected chi connectivity index (χ0v) is 11.4. The van der Waals surface area contributed by atoms with Crippen LogP contribution in [0.3, 0.4) is 0 Å². The van der Waals surface area contributed by atoms with Gasteiger partial charge in [0.15, 0.2) is 0 Å². The molecule has 0 aliphatic rings. The highest BCUT2D eigenvalue weighted by Crippen LogP contribution is 2.28. The monoisotopic (exact) mass is 280 g/mol. The van der Waals surface area contributed by atoms with E-state index in [-0.39, 0.29) is 5.69 Å². The molecule has 1 heterocycles. The van der Waals surface area contributed by atoms with E-state index in [9.17, 15) is 14.5 Å². The van der Waals surface area contributed by atoms with Crippen LogP contribution in [0.1, 0.15) is 16.0 Å². The first-order chi connectivity index (χ1) is 8.99. The van der Waals surface area contributed by atoms with Crippen molar-refractivity contribution in [3.05, 3.63) is 55.5 Å². The van der Waals surface area contributed by atoms with Crippen molar-refractivity contribution in [3.8, 4) is 0 Å². The Bertz CT molecular complexity index is 625. The van der Waals surface area contributed by atoms with Crippen molar-refractivity contribution in [2.24, 2.45) is 0 Å². The minimum atomic E-state index is -0.577. The van der Waals surface area contributed by atoms with Gasteiger partial charge in [0.2, 0.25) is 0 Å². The van der Waals surface area contributed by atoms with Crippen molar-refractivity contribution in [1.29, 1.82) is 0 Å². The number of thiophene rings is 1. The predicted molar refractivity (Wildman–Crippen MR) is 74.2 cm³/mol. The maximum Gasteiger partial charge on any atom is 0.295 e. The molecule has 0 unspecified atom stereocenters. The van der Waals surface area contributed by atoms with E-state index in [2.05, 4.69) is 5.32 Å². The topological polar surface area (TPSA) is 55.2 Å². The van der Waals surface area contributed by atoms with Gasteiger partial charge in [-0.25, -0.2) is 4.39 Å². The lowest BCUT2D eigenvalue weighted by molar-refractivity contribution is -0.384. The van der Waals surface area contributed by atoms with Crippen LogP contribution < -0.4 is 5.32 Å². The standard InChI is InChI=1S/C13H13FN2O2S/c1-8-3-4-19-13(8)7-15-11-5-9(2)10(14)6-12(11)16(17)18/h3-6,15H,7H2,1-2H3. The first-order valence-corrected chi connectivity index (χ1v) is 6.58. The number of anilines is 1. The van der Waals surface area contributed by atoms with Gasteiger partial charge in [-0.15, -0.1) is 11.3 Å². The summed E-state index contributed by atoms with van der Waals surface area (Å²) in [5.74, 6) is -0.565. The molecule has 0 saturated carbocycles. The van der Waals surface area contributed by atoms with Crippen LogP contribution in [0, 0.1) is 29.8 Å². The Hall–Kier alpha value is -1.95. The summed E-state index contributed by atoms with van der Waals surface area (Å²) >= 11 is 1.58. The molecule has 0 aliphatic heterocycles. The molecule has 6 heteroatoms. The maximum absolute atomic E-state index is 13.4. The lowest BCUT2D eigenvalue weighted by Gasteiger charge is -2.08. The smallest absolute Gasteiger partial charge is 0.295 e. The fourth-order valence-electron chi connectivity index (χ4n) is 1.72. The van der Waals surface area contributed by atoms with Gasteiger partial charge in [0.1, 0.15) is 11.5 Å². The third-order valence-electron chi connectivity index (χ3n) is 2.88. The number of hydrogen-bond acceptors (Lipinski definition) is 4.